The number of aromatic nitrogens is 3. The summed E-state index contributed by atoms with van der Waals surface area (Å²) in [4.78, 5) is 24.0. The van der Waals surface area contributed by atoms with Gasteiger partial charge in [0.25, 0.3) is 11.6 Å². The van der Waals surface area contributed by atoms with Crippen LogP contribution in [0.5, 0.6) is 0 Å². The molecule has 0 atom stereocenters. The third kappa shape index (κ3) is 5.11. The van der Waals surface area contributed by atoms with Crippen LogP contribution in [0.15, 0.2) is 28.3 Å². The summed E-state index contributed by atoms with van der Waals surface area (Å²) in [7, 11) is 0. The molecule has 0 spiro atoms. The third-order valence-electron chi connectivity index (χ3n) is 5.12. The monoisotopic (exact) mass is 435 g/mol. The molecule has 156 valence electrons. The van der Waals surface area contributed by atoms with Crippen molar-refractivity contribution >= 4 is 35.1 Å². The molecule has 0 aliphatic heterocycles. The van der Waals surface area contributed by atoms with Crippen LogP contribution in [0.3, 0.4) is 0 Å². The molecule has 1 aromatic heterocycles. The summed E-state index contributed by atoms with van der Waals surface area (Å²) in [5, 5.41) is 23.6. The number of amides is 1. The lowest BCUT2D eigenvalue weighted by molar-refractivity contribution is -0.385. The second-order valence-corrected chi connectivity index (χ2v) is 8.56. The Labute approximate surface area is 178 Å². The van der Waals surface area contributed by atoms with Crippen molar-refractivity contribution in [3.05, 3.63) is 39.7 Å². The predicted molar refractivity (Wildman–Crippen MR) is 115 cm³/mol. The fourth-order valence-corrected chi connectivity index (χ4v) is 4.69. The number of thioether (sulfide) groups is 2. The van der Waals surface area contributed by atoms with Crippen LogP contribution < -0.4 is 5.32 Å². The van der Waals surface area contributed by atoms with Gasteiger partial charge in [0, 0.05) is 30.0 Å². The Bertz CT molecular complexity index is 881. The van der Waals surface area contributed by atoms with Crippen LogP contribution in [-0.4, -0.2) is 44.7 Å². The van der Waals surface area contributed by atoms with Crippen molar-refractivity contribution in [2.24, 2.45) is 0 Å². The van der Waals surface area contributed by atoms with E-state index < -0.39 is 10.8 Å². The lowest BCUT2D eigenvalue weighted by Gasteiger charge is -2.16. The summed E-state index contributed by atoms with van der Waals surface area (Å²) >= 11 is 3.05. The molecule has 2 aromatic rings. The van der Waals surface area contributed by atoms with Crippen molar-refractivity contribution in [1.82, 2.24) is 20.1 Å². The van der Waals surface area contributed by atoms with E-state index in [1.54, 1.807) is 23.9 Å². The van der Waals surface area contributed by atoms with E-state index in [0.717, 1.165) is 28.7 Å². The number of nitro benzene ring substituents is 1. The summed E-state index contributed by atoms with van der Waals surface area (Å²) in [6.45, 7) is 0.422. The Kier molecular flexibility index (Phi) is 7.54. The van der Waals surface area contributed by atoms with E-state index in [0.29, 0.717) is 25.4 Å². The normalized spacial score (nSPS) is 14.3. The summed E-state index contributed by atoms with van der Waals surface area (Å²) in [5.41, 5.74) is -0.0773. The number of rotatable bonds is 9. The van der Waals surface area contributed by atoms with Gasteiger partial charge in [-0.25, -0.2) is 0 Å². The highest BCUT2D eigenvalue weighted by Crippen LogP contribution is 2.33. The fraction of sp³-hybridized carbons (Fsp3) is 0.526. The van der Waals surface area contributed by atoms with E-state index in [1.165, 1.54) is 30.7 Å². The van der Waals surface area contributed by atoms with E-state index in [2.05, 4.69) is 20.1 Å². The van der Waals surface area contributed by atoms with Gasteiger partial charge >= 0.3 is 0 Å². The third-order valence-corrected chi connectivity index (χ3v) is 6.48. The molecule has 0 saturated heterocycles. The standard InChI is InChI=1S/C19H25N5O3S2/c1-28-14-9-10-16(24(26)27)15(12-14)18(25)20-11-5-8-17-21-22-19(29-2)23(17)13-6-3-4-7-13/h9-10,12-13H,3-8,11H2,1-2H3,(H,20,25). The van der Waals surface area contributed by atoms with Gasteiger partial charge in [0.2, 0.25) is 0 Å². The highest BCUT2D eigenvalue weighted by atomic mass is 32.2. The van der Waals surface area contributed by atoms with Crippen molar-refractivity contribution < 1.29 is 9.72 Å². The lowest BCUT2D eigenvalue weighted by atomic mass is 10.1. The molecule has 0 radical (unpaired) electrons. The number of aryl methyl sites for hydroxylation is 1. The molecular weight excluding hydrogens is 410 g/mol. The van der Waals surface area contributed by atoms with E-state index in [9.17, 15) is 14.9 Å². The van der Waals surface area contributed by atoms with Crippen molar-refractivity contribution in [3.8, 4) is 0 Å². The fourth-order valence-electron chi connectivity index (χ4n) is 3.67. The number of hydrogen-bond acceptors (Lipinski definition) is 7. The van der Waals surface area contributed by atoms with Gasteiger partial charge < -0.3 is 9.88 Å². The largest absolute Gasteiger partial charge is 0.352 e. The second kappa shape index (κ2) is 10.1. The van der Waals surface area contributed by atoms with Crippen LogP contribution >= 0.6 is 23.5 Å². The second-order valence-electron chi connectivity index (χ2n) is 6.91. The van der Waals surface area contributed by atoms with Crippen LogP contribution in [-0.2, 0) is 6.42 Å². The number of benzene rings is 1. The first-order chi connectivity index (χ1) is 14.0. The zero-order valence-corrected chi connectivity index (χ0v) is 18.2. The number of nitro groups is 1. The van der Waals surface area contributed by atoms with E-state index >= 15 is 0 Å². The van der Waals surface area contributed by atoms with Crippen molar-refractivity contribution in [1.29, 1.82) is 0 Å². The van der Waals surface area contributed by atoms with Gasteiger partial charge in [-0.1, -0.05) is 24.6 Å². The molecule has 1 aliphatic carbocycles. The van der Waals surface area contributed by atoms with Crippen LogP contribution in [0, 0.1) is 10.1 Å². The number of nitrogens with zero attached hydrogens (tertiary/aromatic N) is 4. The van der Waals surface area contributed by atoms with Gasteiger partial charge in [-0.2, -0.15) is 0 Å². The Morgan fingerprint density at radius 1 is 1.28 bits per heavy atom. The summed E-state index contributed by atoms with van der Waals surface area (Å²) in [6, 6.07) is 5.07. The summed E-state index contributed by atoms with van der Waals surface area (Å²) in [5.74, 6) is 0.528. The van der Waals surface area contributed by atoms with Gasteiger partial charge in [-0.05, 0) is 43.9 Å². The van der Waals surface area contributed by atoms with Gasteiger partial charge in [0.1, 0.15) is 11.4 Å². The number of carbonyl (C=O) groups is 1. The van der Waals surface area contributed by atoms with Gasteiger partial charge in [-0.15, -0.1) is 22.0 Å². The number of nitrogens with one attached hydrogen (secondary N) is 1. The highest BCUT2D eigenvalue weighted by molar-refractivity contribution is 7.98. The van der Waals surface area contributed by atoms with E-state index in [4.69, 9.17) is 0 Å². The lowest BCUT2D eigenvalue weighted by Crippen LogP contribution is -2.26. The van der Waals surface area contributed by atoms with Crippen LogP contribution in [0.2, 0.25) is 0 Å². The van der Waals surface area contributed by atoms with Gasteiger partial charge in [-0.3, -0.25) is 14.9 Å². The van der Waals surface area contributed by atoms with Crippen LogP contribution in [0.1, 0.15) is 54.3 Å². The zero-order chi connectivity index (χ0) is 20.8. The average Bonchev–Trinajstić information content (AvgIpc) is 3.39. The molecule has 1 saturated carbocycles. The Morgan fingerprint density at radius 3 is 2.69 bits per heavy atom. The molecule has 0 unspecified atom stereocenters. The maximum atomic E-state index is 12.5. The molecule has 1 N–H and O–H groups in total. The molecule has 1 heterocycles. The molecule has 0 bridgehead atoms. The van der Waals surface area contributed by atoms with E-state index in [1.807, 2.05) is 12.5 Å². The molecular formula is C19H25N5O3S2. The minimum atomic E-state index is -0.521. The molecule has 29 heavy (non-hydrogen) atoms. The smallest absolute Gasteiger partial charge is 0.282 e. The predicted octanol–water partition coefficient (Wildman–Crippen LogP) is 4.11. The highest BCUT2D eigenvalue weighted by Gasteiger charge is 2.24. The maximum Gasteiger partial charge on any atom is 0.282 e. The van der Waals surface area contributed by atoms with Gasteiger partial charge in [0.05, 0.1) is 4.92 Å². The first-order valence-corrected chi connectivity index (χ1v) is 12.1. The van der Waals surface area contributed by atoms with Crippen LogP contribution in [0.4, 0.5) is 5.69 Å². The topological polar surface area (TPSA) is 103 Å². The molecule has 3 rings (SSSR count). The molecule has 8 nitrogen and oxygen atoms in total. The van der Waals surface area contributed by atoms with Crippen molar-refractivity contribution in [3.63, 3.8) is 0 Å². The maximum absolute atomic E-state index is 12.5. The van der Waals surface area contributed by atoms with Crippen molar-refractivity contribution in [2.45, 2.75) is 54.6 Å². The SMILES string of the molecule is CSc1ccc([N+](=O)[O-])c(C(=O)NCCCc2nnc(SC)n2C2CCCC2)c1. The molecule has 1 aromatic carbocycles. The molecule has 1 fully saturated rings. The summed E-state index contributed by atoms with van der Waals surface area (Å²) in [6.07, 6.45) is 10.1. The number of carbonyl (C=O) groups excluding carboxylic acids is 1. The van der Waals surface area contributed by atoms with Crippen molar-refractivity contribution in [2.75, 3.05) is 19.1 Å². The minimum Gasteiger partial charge on any atom is -0.352 e. The van der Waals surface area contributed by atoms with Gasteiger partial charge in [0.15, 0.2) is 5.16 Å². The minimum absolute atomic E-state index is 0.0978. The average molecular weight is 436 g/mol. The zero-order valence-electron chi connectivity index (χ0n) is 16.6. The van der Waals surface area contributed by atoms with Crippen LogP contribution in [0.25, 0.3) is 0 Å². The Balaban J connectivity index is 1.61. The Morgan fingerprint density at radius 2 is 2.03 bits per heavy atom. The summed E-state index contributed by atoms with van der Waals surface area (Å²) < 4.78 is 2.26. The number of hydrogen-bond donors (Lipinski definition) is 1. The quantitative estimate of drug-likeness (QED) is 0.274. The first kappa shape index (κ1) is 21.6. The van der Waals surface area contributed by atoms with E-state index in [-0.39, 0.29) is 11.3 Å². The molecule has 1 amide bonds. The molecule has 10 heteroatoms. The molecule has 1 aliphatic rings. The Hall–Kier alpha value is -2.07. The first-order valence-electron chi connectivity index (χ1n) is 9.63.